The van der Waals surface area contributed by atoms with E-state index in [1.54, 1.807) is 14.0 Å². The number of benzene rings is 1. The molecule has 1 fully saturated rings. The van der Waals surface area contributed by atoms with E-state index in [9.17, 15) is 9.90 Å². The van der Waals surface area contributed by atoms with Gasteiger partial charge in [-0.05, 0) is 44.0 Å². The van der Waals surface area contributed by atoms with Crippen LogP contribution >= 0.6 is 0 Å². The summed E-state index contributed by atoms with van der Waals surface area (Å²) in [6, 6.07) is 5.85. The summed E-state index contributed by atoms with van der Waals surface area (Å²) in [4.78, 5) is 15.5. The van der Waals surface area contributed by atoms with Crippen molar-refractivity contribution < 1.29 is 14.6 Å². The van der Waals surface area contributed by atoms with E-state index in [-0.39, 0.29) is 29.9 Å². The first kappa shape index (κ1) is 16.6. The van der Waals surface area contributed by atoms with Gasteiger partial charge >= 0.3 is 0 Å². The summed E-state index contributed by atoms with van der Waals surface area (Å²) >= 11 is 0. The van der Waals surface area contributed by atoms with Crippen molar-refractivity contribution in [1.29, 1.82) is 0 Å². The number of piperidine rings is 1. The molecule has 6 nitrogen and oxygen atoms in total. The van der Waals surface area contributed by atoms with Gasteiger partial charge in [0.25, 0.3) is 0 Å². The van der Waals surface area contributed by atoms with Crippen LogP contribution in [0, 0.1) is 0 Å². The number of hydrogen-bond donors (Lipinski definition) is 4. The molecule has 6 heteroatoms. The molecular weight excluding hydrogens is 318 g/mol. The molecule has 1 spiro atoms. The minimum absolute atomic E-state index is 0.0431. The molecule has 134 valence electrons. The second-order valence-electron chi connectivity index (χ2n) is 7.29. The van der Waals surface area contributed by atoms with Gasteiger partial charge < -0.3 is 25.5 Å². The Hall–Kier alpha value is -1.89. The van der Waals surface area contributed by atoms with Crippen molar-refractivity contribution in [2.24, 2.45) is 0 Å². The topological polar surface area (TPSA) is 86.4 Å². The van der Waals surface area contributed by atoms with Crippen molar-refractivity contribution in [2.75, 3.05) is 26.8 Å². The molecule has 0 bridgehead atoms. The molecule has 2 aliphatic rings. The standard InChI is InChI=1S/C19H25N3O3/c1-11(24)15-8-19(5-6-20-15)10-21-16(9-23)18-17(19)13-4-3-12(25-2)7-14(13)22-18/h3-4,7,15-16,20-23H,5-6,8-10H2,1-2H3/t15-,16?,19?/m1/s1. The fourth-order valence-electron chi connectivity index (χ4n) is 4.55. The Labute approximate surface area is 146 Å². The Kier molecular flexibility index (Phi) is 4.06. The maximum Gasteiger partial charge on any atom is 0.146 e. The highest BCUT2D eigenvalue weighted by Gasteiger charge is 2.45. The van der Waals surface area contributed by atoms with Crippen LogP contribution < -0.4 is 15.4 Å². The van der Waals surface area contributed by atoms with E-state index in [0.29, 0.717) is 0 Å². The van der Waals surface area contributed by atoms with E-state index in [0.717, 1.165) is 42.9 Å². The van der Waals surface area contributed by atoms with Crippen LogP contribution in [0.2, 0.25) is 0 Å². The zero-order valence-electron chi connectivity index (χ0n) is 14.7. The van der Waals surface area contributed by atoms with Crippen LogP contribution in [0.25, 0.3) is 10.9 Å². The first-order chi connectivity index (χ1) is 12.1. The zero-order valence-corrected chi connectivity index (χ0v) is 14.7. The van der Waals surface area contributed by atoms with Crippen molar-refractivity contribution in [3.05, 3.63) is 29.5 Å². The van der Waals surface area contributed by atoms with Gasteiger partial charge in [0.15, 0.2) is 0 Å². The molecule has 4 rings (SSSR count). The first-order valence-corrected chi connectivity index (χ1v) is 8.86. The molecule has 3 atom stereocenters. The third-order valence-electron chi connectivity index (χ3n) is 5.86. The molecule has 0 radical (unpaired) electrons. The minimum Gasteiger partial charge on any atom is -0.497 e. The van der Waals surface area contributed by atoms with Crippen molar-refractivity contribution in [3.63, 3.8) is 0 Å². The zero-order chi connectivity index (χ0) is 17.6. The number of aliphatic hydroxyl groups is 1. The van der Waals surface area contributed by atoms with E-state index < -0.39 is 0 Å². The number of carbonyl (C=O) groups excluding carboxylic acids is 1. The average molecular weight is 343 g/mol. The number of rotatable bonds is 3. The van der Waals surface area contributed by atoms with Crippen LogP contribution in [0.1, 0.15) is 37.1 Å². The predicted octanol–water partition coefficient (Wildman–Crippen LogP) is 1.39. The summed E-state index contributed by atoms with van der Waals surface area (Å²) < 4.78 is 5.35. The summed E-state index contributed by atoms with van der Waals surface area (Å²) in [7, 11) is 1.66. The number of ether oxygens (including phenoxy) is 1. The minimum atomic E-state index is -0.114. The van der Waals surface area contributed by atoms with E-state index in [1.807, 2.05) is 12.1 Å². The molecular formula is C19H25N3O3. The largest absolute Gasteiger partial charge is 0.497 e. The smallest absolute Gasteiger partial charge is 0.146 e. The van der Waals surface area contributed by atoms with Gasteiger partial charge in [0, 0.05) is 34.6 Å². The SMILES string of the molecule is COc1ccc2c3c([nH]c2c1)C(CO)NCC31CCN[C@@H](C(C)=O)C1. The summed E-state index contributed by atoms with van der Waals surface area (Å²) in [5, 5.41) is 17.8. The van der Waals surface area contributed by atoms with Gasteiger partial charge in [-0.15, -0.1) is 0 Å². The van der Waals surface area contributed by atoms with Crippen LogP contribution in [0.15, 0.2) is 18.2 Å². The Morgan fingerprint density at radius 1 is 1.40 bits per heavy atom. The lowest BCUT2D eigenvalue weighted by Gasteiger charge is -2.45. The number of Topliss-reactive ketones (excluding diaryl/α,β-unsaturated/α-hetero) is 1. The summed E-state index contributed by atoms with van der Waals surface area (Å²) in [6.45, 7) is 3.29. The second-order valence-corrected chi connectivity index (χ2v) is 7.29. The first-order valence-electron chi connectivity index (χ1n) is 8.86. The molecule has 3 heterocycles. The molecule has 1 saturated heterocycles. The summed E-state index contributed by atoms with van der Waals surface area (Å²) in [6.07, 6.45) is 1.74. The molecule has 1 aromatic heterocycles. The lowest BCUT2D eigenvalue weighted by molar-refractivity contribution is -0.120. The van der Waals surface area contributed by atoms with Crippen LogP contribution in [-0.4, -0.2) is 48.7 Å². The fraction of sp³-hybridized carbons (Fsp3) is 0.526. The van der Waals surface area contributed by atoms with Gasteiger partial charge in [0.05, 0.1) is 25.8 Å². The molecule has 0 aliphatic carbocycles. The number of fused-ring (bicyclic) bond motifs is 4. The Bertz CT molecular complexity index is 816. The summed E-state index contributed by atoms with van der Waals surface area (Å²) in [5.41, 5.74) is 3.22. The molecule has 2 aliphatic heterocycles. The molecule has 25 heavy (non-hydrogen) atoms. The van der Waals surface area contributed by atoms with Gasteiger partial charge in [-0.3, -0.25) is 4.79 Å². The van der Waals surface area contributed by atoms with Crippen molar-refractivity contribution in [3.8, 4) is 5.75 Å². The second kappa shape index (κ2) is 6.12. The van der Waals surface area contributed by atoms with E-state index >= 15 is 0 Å². The van der Waals surface area contributed by atoms with Crippen molar-refractivity contribution >= 4 is 16.7 Å². The third-order valence-corrected chi connectivity index (χ3v) is 5.86. The quantitative estimate of drug-likeness (QED) is 0.677. The number of methoxy groups -OCH3 is 1. The number of H-pyrrole nitrogens is 1. The van der Waals surface area contributed by atoms with Gasteiger partial charge in [0.2, 0.25) is 0 Å². The number of carbonyl (C=O) groups is 1. The molecule has 2 aromatic rings. The highest BCUT2D eigenvalue weighted by molar-refractivity contribution is 5.88. The fourth-order valence-corrected chi connectivity index (χ4v) is 4.55. The van der Waals surface area contributed by atoms with Crippen LogP contribution in [0.3, 0.4) is 0 Å². The van der Waals surface area contributed by atoms with E-state index in [2.05, 4.69) is 21.7 Å². The van der Waals surface area contributed by atoms with Gasteiger partial charge in [-0.25, -0.2) is 0 Å². The van der Waals surface area contributed by atoms with Crippen LogP contribution in [0.5, 0.6) is 5.75 Å². The normalized spacial score (nSPS) is 28.9. The van der Waals surface area contributed by atoms with Gasteiger partial charge in [-0.2, -0.15) is 0 Å². The monoisotopic (exact) mass is 343 g/mol. The molecule has 0 amide bonds. The van der Waals surface area contributed by atoms with Crippen molar-refractivity contribution in [1.82, 2.24) is 15.6 Å². The number of ketones is 1. The lowest BCUT2D eigenvalue weighted by Crippen LogP contribution is -2.56. The van der Waals surface area contributed by atoms with Crippen LogP contribution in [-0.2, 0) is 10.2 Å². The number of aromatic amines is 1. The number of aromatic nitrogens is 1. The predicted molar refractivity (Wildman–Crippen MR) is 96.1 cm³/mol. The maximum absolute atomic E-state index is 12.0. The third kappa shape index (κ3) is 2.56. The van der Waals surface area contributed by atoms with Gasteiger partial charge in [0.1, 0.15) is 11.5 Å². The Morgan fingerprint density at radius 3 is 2.96 bits per heavy atom. The van der Waals surface area contributed by atoms with E-state index in [1.165, 1.54) is 10.9 Å². The Balaban J connectivity index is 1.89. The van der Waals surface area contributed by atoms with Crippen molar-refractivity contribution in [2.45, 2.75) is 37.3 Å². The molecule has 2 unspecified atom stereocenters. The molecule has 4 N–H and O–H groups in total. The van der Waals surface area contributed by atoms with Crippen LogP contribution in [0.4, 0.5) is 0 Å². The highest BCUT2D eigenvalue weighted by atomic mass is 16.5. The lowest BCUT2D eigenvalue weighted by atomic mass is 9.67. The maximum atomic E-state index is 12.0. The highest BCUT2D eigenvalue weighted by Crippen LogP contribution is 2.46. The number of nitrogens with one attached hydrogen (secondary N) is 3. The van der Waals surface area contributed by atoms with E-state index in [4.69, 9.17) is 4.74 Å². The molecule has 1 aromatic carbocycles. The average Bonchev–Trinajstić information content (AvgIpc) is 3.02. The van der Waals surface area contributed by atoms with Gasteiger partial charge in [-0.1, -0.05) is 0 Å². The number of aliphatic hydroxyl groups excluding tert-OH is 1. The summed E-state index contributed by atoms with van der Waals surface area (Å²) in [5.74, 6) is 0.993. The Morgan fingerprint density at radius 2 is 2.24 bits per heavy atom. The molecule has 0 saturated carbocycles. The number of hydrogen-bond acceptors (Lipinski definition) is 5.